The number of carbonyl (C=O) groups excluding carboxylic acids is 3. The van der Waals surface area contributed by atoms with Crippen molar-refractivity contribution < 1.29 is 23.9 Å². The summed E-state index contributed by atoms with van der Waals surface area (Å²) in [5.74, 6) is -0.169. The van der Waals surface area contributed by atoms with Gasteiger partial charge in [0.15, 0.2) is 0 Å². The van der Waals surface area contributed by atoms with Crippen molar-refractivity contribution in [3.05, 3.63) is 35.9 Å². The summed E-state index contributed by atoms with van der Waals surface area (Å²) in [4.78, 5) is 39.9. The minimum Gasteiger partial charge on any atom is -0.446 e. The maximum absolute atomic E-state index is 12.8. The predicted molar refractivity (Wildman–Crippen MR) is 92.1 cm³/mol. The molecule has 0 N–H and O–H groups in total. The molecule has 1 aromatic carbocycles. The summed E-state index contributed by atoms with van der Waals surface area (Å²) in [6.07, 6.45) is -1.00. The first-order valence-corrected chi connectivity index (χ1v) is 9.16. The molecule has 0 bridgehead atoms. The van der Waals surface area contributed by atoms with Gasteiger partial charge in [-0.25, -0.2) is 0 Å². The number of morpholine rings is 1. The zero-order chi connectivity index (χ0) is 17.6. The fourth-order valence-corrected chi connectivity index (χ4v) is 3.56. The third-order valence-corrected chi connectivity index (χ3v) is 4.96. The van der Waals surface area contributed by atoms with Gasteiger partial charge in [0, 0.05) is 31.0 Å². The van der Waals surface area contributed by atoms with E-state index in [9.17, 15) is 14.4 Å². The van der Waals surface area contributed by atoms with Gasteiger partial charge in [-0.15, -0.1) is 0 Å². The van der Waals surface area contributed by atoms with E-state index in [-0.39, 0.29) is 17.7 Å². The maximum Gasteiger partial charge on any atom is 0.326 e. The summed E-state index contributed by atoms with van der Waals surface area (Å²) in [6, 6.07) is 8.94. The van der Waals surface area contributed by atoms with Gasteiger partial charge in [-0.3, -0.25) is 14.4 Å². The molecule has 25 heavy (non-hydrogen) atoms. The van der Waals surface area contributed by atoms with Gasteiger partial charge in [-0.2, -0.15) is 0 Å². The largest absolute Gasteiger partial charge is 0.446 e. The van der Waals surface area contributed by atoms with Crippen LogP contribution in [0.15, 0.2) is 30.3 Å². The second kappa shape index (κ2) is 8.35. The molecule has 0 aromatic heterocycles. The quantitative estimate of drug-likeness (QED) is 0.733. The van der Waals surface area contributed by atoms with E-state index in [2.05, 4.69) is 0 Å². The summed E-state index contributed by atoms with van der Waals surface area (Å²) >= 11 is 1.18. The molecule has 2 amide bonds. The Balaban J connectivity index is 1.70. The third-order valence-electron chi connectivity index (χ3n) is 4.06. The Kier molecular flexibility index (Phi) is 5.93. The van der Waals surface area contributed by atoms with E-state index in [1.54, 1.807) is 29.2 Å². The van der Waals surface area contributed by atoms with Crippen LogP contribution >= 0.6 is 11.8 Å². The monoisotopic (exact) mass is 364 g/mol. The summed E-state index contributed by atoms with van der Waals surface area (Å²) in [6.45, 7) is 2.28. The number of hydrogen-bond donors (Lipinski definition) is 0. The van der Waals surface area contributed by atoms with Crippen LogP contribution in [0.1, 0.15) is 11.7 Å². The van der Waals surface area contributed by atoms with Crippen molar-refractivity contribution in [2.24, 2.45) is 0 Å². The van der Waals surface area contributed by atoms with E-state index in [1.165, 1.54) is 16.7 Å². The molecule has 2 saturated heterocycles. The standard InChI is InChI=1S/C17H20N2O5S/c20-14(12-19-8-11-25-17(19)22)24-15(13-4-2-1-3-5-13)16(21)18-6-9-23-10-7-18/h1-5,15H,6-12H2/t15-/m1/s1. The van der Waals surface area contributed by atoms with Gasteiger partial charge in [-0.05, 0) is 0 Å². The molecule has 2 aliphatic heterocycles. The van der Waals surface area contributed by atoms with Crippen LogP contribution in [0.2, 0.25) is 0 Å². The number of amides is 2. The Morgan fingerprint density at radius 3 is 2.52 bits per heavy atom. The van der Waals surface area contributed by atoms with Crippen molar-refractivity contribution in [2.45, 2.75) is 6.10 Å². The molecular formula is C17H20N2O5S. The molecule has 0 saturated carbocycles. The number of benzene rings is 1. The molecule has 2 fully saturated rings. The van der Waals surface area contributed by atoms with Crippen molar-refractivity contribution in [1.29, 1.82) is 0 Å². The summed E-state index contributed by atoms with van der Waals surface area (Å²) in [7, 11) is 0. The van der Waals surface area contributed by atoms with Gasteiger partial charge >= 0.3 is 5.97 Å². The van der Waals surface area contributed by atoms with E-state index in [0.717, 1.165) is 0 Å². The second-order valence-corrected chi connectivity index (χ2v) is 6.80. The van der Waals surface area contributed by atoms with Crippen LogP contribution in [0.25, 0.3) is 0 Å². The lowest BCUT2D eigenvalue weighted by Crippen LogP contribution is -2.44. The molecule has 0 aliphatic carbocycles. The van der Waals surface area contributed by atoms with Crippen LogP contribution in [0, 0.1) is 0 Å². The number of ether oxygens (including phenoxy) is 2. The molecule has 0 unspecified atom stereocenters. The van der Waals surface area contributed by atoms with Gasteiger partial charge in [0.25, 0.3) is 11.1 Å². The molecule has 0 spiro atoms. The minimum atomic E-state index is -1.00. The molecule has 0 radical (unpaired) electrons. The van der Waals surface area contributed by atoms with Crippen LogP contribution in [-0.4, -0.2) is 72.1 Å². The van der Waals surface area contributed by atoms with Crippen LogP contribution in [-0.2, 0) is 19.1 Å². The molecule has 3 rings (SSSR count). The Bertz CT molecular complexity index is 633. The summed E-state index contributed by atoms with van der Waals surface area (Å²) < 4.78 is 10.8. The second-order valence-electron chi connectivity index (χ2n) is 5.75. The number of thioether (sulfide) groups is 1. The Morgan fingerprint density at radius 1 is 1.16 bits per heavy atom. The van der Waals surface area contributed by atoms with Gasteiger partial charge in [0.2, 0.25) is 6.10 Å². The molecule has 7 nitrogen and oxygen atoms in total. The fraction of sp³-hybridized carbons (Fsp3) is 0.471. The topological polar surface area (TPSA) is 76.2 Å². The van der Waals surface area contributed by atoms with Crippen molar-refractivity contribution in [2.75, 3.05) is 45.1 Å². The number of carbonyl (C=O) groups is 3. The zero-order valence-corrected chi connectivity index (χ0v) is 14.6. The van der Waals surface area contributed by atoms with Gasteiger partial charge in [0.05, 0.1) is 13.2 Å². The first kappa shape index (κ1) is 17.8. The van der Waals surface area contributed by atoms with Gasteiger partial charge in [0.1, 0.15) is 6.54 Å². The highest BCUT2D eigenvalue weighted by atomic mass is 32.2. The van der Waals surface area contributed by atoms with Crippen molar-refractivity contribution in [3.8, 4) is 0 Å². The lowest BCUT2D eigenvalue weighted by atomic mass is 10.1. The minimum absolute atomic E-state index is 0.132. The fourth-order valence-electron chi connectivity index (χ4n) is 2.73. The molecule has 2 heterocycles. The van der Waals surface area contributed by atoms with E-state index < -0.39 is 12.1 Å². The van der Waals surface area contributed by atoms with Crippen molar-refractivity contribution >= 4 is 28.9 Å². The van der Waals surface area contributed by atoms with E-state index in [4.69, 9.17) is 9.47 Å². The highest BCUT2D eigenvalue weighted by molar-refractivity contribution is 8.13. The molecule has 1 atom stereocenters. The van der Waals surface area contributed by atoms with E-state index >= 15 is 0 Å². The van der Waals surface area contributed by atoms with Gasteiger partial charge < -0.3 is 19.3 Å². The first-order chi connectivity index (χ1) is 12.1. The highest BCUT2D eigenvalue weighted by Gasteiger charge is 2.32. The van der Waals surface area contributed by atoms with Crippen LogP contribution in [0.4, 0.5) is 4.79 Å². The smallest absolute Gasteiger partial charge is 0.326 e. The highest BCUT2D eigenvalue weighted by Crippen LogP contribution is 2.22. The van der Waals surface area contributed by atoms with E-state index in [1.807, 2.05) is 6.07 Å². The zero-order valence-electron chi connectivity index (χ0n) is 13.8. The Hall–Kier alpha value is -2.06. The third kappa shape index (κ3) is 4.52. The number of esters is 1. The predicted octanol–water partition coefficient (Wildman–Crippen LogP) is 1.30. The van der Waals surface area contributed by atoms with Crippen LogP contribution < -0.4 is 0 Å². The lowest BCUT2D eigenvalue weighted by Gasteiger charge is -2.30. The average Bonchev–Trinajstić information content (AvgIpc) is 3.05. The van der Waals surface area contributed by atoms with Gasteiger partial charge in [-0.1, -0.05) is 42.1 Å². The van der Waals surface area contributed by atoms with E-state index in [0.29, 0.717) is 44.2 Å². The van der Waals surface area contributed by atoms with Crippen LogP contribution in [0.3, 0.4) is 0 Å². The first-order valence-electron chi connectivity index (χ1n) is 8.18. The number of hydrogen-bond acceptors (Lipinski definition) is 6. The summed E-state index contributed by atoms with van der Waals surface area (Å²) in [5, 5.41) is -0.132. The molecular weight excluding hydrogens is 344 g/mol. The Labute approximate surface area is 150 Å². The summed E-state index contributed by atoms with van der Waals surface area (Å²) in [5.41, 5.74) is 0.620. The lowest BCUT2D eigenvalue weighted by molar-refractivity contribution is -0.163. The molecule has 1 aromatic rings. The number of rotatable bonds is 5. The average molecular weight is 364 g/mol. The molecule has 8 heteroatoms. The molecule has 2 aliphatic rings. The number of nitrogens with zero attached hydrogens (tertiary/aromatic N) is 2. The SMILES string of the molecule is O=C(CN1CCSC1=O)O[C@@H](C(=O)N1CCOCC1)c1ccccc1. The maximum atomic E-state index is 12.8. The Morgan fingerprint density at radius 2 is 1.88 bits per heavy atom. The van der Waals surface area contributed by atoms with Crippen molar-refractivity contribution in [1.82, 2.24) is 9.80 Å². The normalized spacial score (nSPS) is 19.0. The van der Waals surface area contributed by atoms with Crippen molar-refractivity contribution in [3.63, 3.8) is 0 Å². The molecule has 134 valence electrons. The van der Waals surface area contributed by atoms with Crippen LogP contribution in [0.5, 0.6) is 0 Å².